The zero-order chi connectivity index (χ0) is 13.8. The lowest BCUT2D eigenvalue weighted by molar-refractivity contribution is -0.138. The molecular weight excluding hydrogens is 242 g/mol. The van der Waals surface area contributed by atoms with Gasteiger partial charge in [0.15, 0.2) is 0 Å². The van der Waals surface area contributed by atoms with Gasteiger partial charge in [-0.1, -0.05) is 37.3 Å². The molecule has 1 fully saturated rings. The summed E-state index contributed by atoms with van der Waals surface area (Å²) in [7, 11) is 0. The van der Waals surface area contributed by atoms with Crippen LogP contribution in [0, 0.1) is 11.8 Å². The molecule has 0 aromatic heterocycles. The number of carbonyl (C=O) groups is 2. The molecule has 4 nitrogen and oxygen atoms in total. The standard InChI is InChI=1S/C15H19NO3/c1-10(11-7-8-11)14(17)16-9-13(15(18)19)12-5-3-2-4-6-12/h2-6,10-11,13H,7-9H2,1H3,(H,16,17)(H,18,19). The second-order valence-corrected chi connectivity index (χ2v) is 5.17. The predicted octanol–water partition coefficient (Wildman–Crippen LogP) is 2.02. The Morgan fingerprint density at radius 2 is 1.95 bits per heavy atom. The van der Waals surface area contributed by atoms with Gasteiger partial charge in [-0.25, -0.2) is 0 Å². The molecule has 0 bridgehead atoms. The van der Waals surface area contributed by atoms with Crippen LogP contribution in [0.5, 0.6) is 0 Å². The van der Waals surface area contributed by atoms with Crippen LogP contribution >= 0.6 is 0 Å². The number of hydrogen-bond donors (Lipinski definition) is 2. The zero-order valence-corrected chi connectivity index (χ0v) is 11.0. The van der Waals surface area contributed by atoms with E-state index in [1.807, 2.05) is 13.0 Å². The van der Waals surface area contributed by atoms with E-state index in [-0.39, 0.29) is 18.4 Å². The predicted molar refractivity (Wildman–Crippen MR) is 71.7 cm³/mol. The third-order valence-corrected chi connectivity index (χ3v) is 3.72. The number of rotatable bonds is 6. The van der Waals surface area contributed by atoms with Gasteiger partial charge >= 0.3 is 5.97 Å². The van der Waals surface area contributed by atoms with Crippen LogP contribution in [0.4, 0.5) is 0 Å². The van der Waals surface area contributed by atoms with Crippen LogP contribution < -0.4 is 5.32 Å². The van der Waals surface area contributed by atoms with E-state index in [1.54, 1.807) is 24.3 Å². The van der Waals surface area contributed by atoms with E-state index in [9.17, 15) is 14.7 Å². The Morgan fingerprint density at radius 3 is 2.47 bits per heavy atom. The minimum atomic E-state index is -0.912. The van der Waals surface area contributed by atoms with Crippen LogP contribution in [0.3, 0.4) is 0 Å². The molecule has 1 aromatic carbocycles. The van der Waals surface area contributed by atoms with Gasteiger partial charge in [0.05, 0.1) is 5.92 Å². The fraction of sp³-hybridized carbons (Fsp3) is 0.467. The number of amides is 1. The molecule has 4 heteroatoms. The molecule has 2 rings (SSSR count). The minimum absolute atomic E-state index is 0.00906. The molecule has 2 atom stereocenters. The van der Waals surface area contributed by atoms with E-state index in [0.29, 0.717) is 5.92 Å². The Hall–Kier alpha value is -1.84. The van der Waals surface area contributed by atoms with Crippen LogP contribution in [0.15, 0.2) is 30.3 Å². The number of benzene rings is 1. The first-order valence-corrected chi connectivity index (χ1v) is 6.65. The largest absolute Gasteiger partial charge is 0.481 e. The van der Waals surface area contributed by atoms with Gasteiger partial charge in [-0.3, -0.25) is 9.59 Å². The lowest BCUT2D eigenvalue weighted by atomic mass is 9.98. The van der Waals surface area contributed by atoms with Crippen LogP contribution in [0.1, 0.15) is 31.2 Å². The van der Waals surface area contributed by atoms with Crippen LogP contribution in [0.25, 0.3) is 0 Å². The normalized spacial score (nSPS) is 17.5. The van der Waals surface area contributed by atoms with Crippen LogP contribution in [0.2, 0.25) is 0 Å². The summed E-state index contributed by atoms with van der Waals surface area (Å²) in [5.41, 5.74) is 0.717. The fourth-order valence-corrected chi connectivity index (χ4v) is 2.21. The monoisotopic (exact) mass is 261 g/mol. The van der Waals surface area contributed by atoms with Crippen molar-refractivity contribution in [1.82, 2.24) is 5.32 Å². The molecule has 19 heavy (non-hydrogen) atoms. The number of carboxylic acids is 1. The maximum absolute atomic E-state index is 11.9. The maximum Gasteiger partial charge on any atom is 0.312 e. The van der Waals surface area contributed by atoms with Crippen molar-refractivity contribution in [2.24, 2.45) is 11.8 Å². The molecule has 2 unspecified atom stereocenters. The third kappa shape index (κ3) is 3.56. The lowest BCUT2D eigenvalue weighted by Crippen LogP contribution is -2.35. The van der Waals surface area contributed by atoms with Gasteiger partial charge in [0.1, 0.15) is 0 Å². The van der Waals surface area contributed by atoms with E-state index < -0.39 is 11.9 Å². The SMILES string of the molecule is CC(C(=O)NCC(C(=O)O)c1ccccc1)C1CC1. The Bertz CT molecular complexity index is 454. The Balaban J connectivity index is 1.94. The number of carbonyl (C=O) groups excluding carboxylic acids is 1. The summed E-state index contributed by atoms with van der Waals surface area (Å²) in [6, 6.07) is 9.00. The van der Waals surface area contributed by atoms with Gasteiger partial charge < -0.3 is 10.4 Å². The van der Waals surface area contributed by atoms with Crippen molar-refractivity contribution in [1.29, 1.82) is 0 Å². The van der Waals surface area contributed by atoms with Gasteiger partial charge in [-0.15, -0.1) is 0 Å². The van der Waals surface area contributed by atoms with Gasteiger partial charge in [0, 0.05) is 12.5 Å². The van der Waals surface area contributed by atoms with E-state index in [1.165, 1.54) is 0 Å². The quantitative estimate of drug-likeness (QED) is 0.823. The average molecular weight is 261 g/mol. The molecular formula is C15H19NO3. The number of carboxylic acid groups (broad SMARTS) is 1. The molecule has 2 N–H and O–H groups in total. The van der Waals surface area contributed by atoms with Crippen molar-refractivity contribution >= 4 is 11.9 Å². The Kier molecular flexibility index (Phi) is 4.20. The summed E-state index contributed by atoms with van der Waals surface area (Å²) in [5.74, 6) is -1.16. The van der Waals surface area contributed by atoms with Crippen molar-refractivity contribution in [3.8, 4) is 0 Å². The second kappa shape index (κ2) is 5.87. The average Bonchev–Trinajstić information content (AvgIpc) is 3.23. The molecule has 1 aliphatic carbocycles. The van der Waals surface area contributed by atoms with E-state index in [2.05, 4.69) is 5.32 Å². The molecule has 1 amide bonds. The van der Waals surface area contributed by atoms with Crippen LogP contribution in [-0.4, -0.2) is 23.5 Å². The first kappa shape index (κ1) is 13.6. The first-order chi connectivity index (χ1) is 9.09. The summed E-state index contributed by atoms with van der Waals surface area (Å²) in [5, 5.41) is 12.0. The van der Waals surface area contributed by atoms with Gasteiger partial charge in [0.2, 0.25) is 5.91 Å². The van der Waals surface area contributed by atoms with Gasteiger partial charge in [-0.2, -0.15) is 0 Å². The summed E-state index contributed by atoms with van der Waals surface area (Å²) in [6.45, 7) is 2.06. The molecule has 0 saturated heterocycles. The Morgan fingerprint density at radius 1 is 1.32 bits per heavy atom. The fourth-order valence-electron chi connectivity index (χ4n) is 2.21. The molecule has 102 valence electrons. The van der Waals surface area contributed by atoms with Crippen molar-refractivity contribution in [3.63, 3.8) is 0 Å². The van der Waals surface area contributed by atoms with Gasteiger partial charge in [0.25, 0.3) is 0 Å². The molecule has 0 spiro atoms. The minimum Gasteiger partial charge on any atom is -0.481 e. The molecule has 1 aromatic rings. The number of nitrogens with one attached hydrogen (secondary N) is 1. The molecule has 1 saturated carbocycles. The van der Waals surface area contributed by atoms with E-state index in [4.69, 9.17) is 0 Å². The molecule has 0 aliphatic heterocycles. The number of aliphatic carboxylic acids is 1. The van der Waals surface area contributed by atoms with Crippen LogP contribution in [-0.2, 0) is 9.59 Å². The van der Waals surface area contributed by atoms with Crippen molar-refractivity contribution in [2.75, 3.05) is 6.54 Å². The third-order valence-electron chi connectivity index (χ3n) is 3.72. The van der Waals surface area contributed by atoms with E-state index >= 15 is 0 Å². The first-order valence-electron chi connectivity index (χ1n) is 6.65. The lowest BCUT2D eigenvalue weighted by Gasteiger charge is -2.16. The highest BCUT2D eigenvalue weighted by molar-refractivity contribution is 5.81. The van der Waals surface area contributed by atoms with E-state index in [0.717, 1.165) is 18.4 Å². The number of hydrogen-bond acceptors (Lipinski definition) is 2. The molecule has 1 aliphatic rings. The summed E-state index contributed by atoms with van der Waals surface area (Å²) < 4.78 is 0. The van der Waals surface area contributed by atoms with Gasteiger partial charge in [-0.05, 0) is 24.3 Å². The summed E-state index contributed by atoms with van der Waals surface area (Å²) in [4.78, 5) is 23.2. The summed E-state index contributed by atoms with van der Waals surface area (Å²) >= 11 is 0. The van der Waals surface area contributed by atoms with Crippen molar-refractivity contribution in [3.05, 3.63) is 35.9 Å². The zero-order valence-electron chi connectivity index (χ0n) is 11.0. The molecule has 0 radical (unpaired) electrons. The van der Waals surface area contributed by atoms with Crippen molar-refractivity contribution < 1.29 is 14.7 Å². The second-order valence-electron chi connectivity index (χ2n) is 5.17. The maximum atomic E-state index is 11.9. The summed E-state index contributed by atoms with van der Waals surface area (Å²) in [6.07, 6.45) is 2.21. The molecule has 0 heterocycles. The Labute approximate surface area is 112 Å². The topological polar surface area (TPSA) is 66.4 Å². The highest BCUT2D eigenvalue weighted by Gasteiger charge is 2.33. The highest BCUT2D eigenvalue weighted by atomic mass is 16.4. The highest BCUT2D eigenvalue weighted by Crippen LogP contribution is 2.36. The van der Waals surface area contributed by atoms with Crippen molar-refractivity contribution in [2.45, 2.75) is 25.7 Å². The smallest absolute Gasteiger partial charge is 0.312 e.